The second-order valence-corrected chi connectivity index (χ2v) is 3.76. The van der Waals surface area contributed by atoms with Crippen molar-refractivity contribution in [3.05, 3.63) is 30.4 Å². The highest BCUT2D eigenvalue weighted by Crippen LogP contribution is 2.15. The summed E-state index contributed by atoms with van der Waals surface area (Å²) in [7, 11) is 1.61. The van der Waals surface area contributed by atoms with Crippen LogP contribution in [0.15, 0.2) is 28.9 Å². The van der Waals surface area contributed by atoms with Crippen molar-refractivity contribution in [3.63, 3.8) is 0 Å². The number of nitrogens with one attached hydrogen (secondary N) is 1. The van der Waals surface area contributed by atoms with Gasteiger partial charge < -0.3 is 14.5 Å². The Morgan fingerprint density at radius 1 is 1.47 bits per heavy atom. The second-order valence-electron chi connectivity index (χ2n) is 3.76. The van der Waals surface area contributed by atoms with Crippen molar-refractivity contribution in [2.24, 2.45) is 0 Å². The number of rotatable bonds is 6. The van der Waals surface area contributed by atoms with Crippen LogP contribution in [0, 0.1) is 0 Å². The van der Waals surface area contributed by atoms with E-state index in [2.05, 4.69) is 20.5 Å². The van der Waals surface area contributed by atoms with Gasteiger partial charge in [0.25, 0.3) is 0 Å². The molecule has 0 aliphatic carbocycles. The number of aromatic nitrogens is 3. The first-order valence-corrected chi connectivity index (χ1v) is 5.82. The van der Waals surface area contributed by atoms with Gasteiger partial charge in [-0.15, -0.1) is 10.2 Å². The van der Waals surface area contributed by atoms with Crippen LogP contribution in [-0.2, 0) is 4.74 Å². The summed E-state index contributed by atoms with van der Waals surface area (Å²) in [5.74, 6) is -0.176. The van der Waals surface area contributed by atoms with Gasteiger partial charge in [0.15, 0.2) is 0 Å². The molecule has 0 saturated heterocycles. The summed E-state index contributed by atoms with van der Waals surface area (Å²) in [4.78, 5) is 15.6. The van der Waals surface area contributed by atoms with Gasteiger partial charge in [-0.3, -0.25) is 9.78 Å². The number of pyridine rings is 1. The van der Waals surface area contributed by atoms with E-state index in [-0.39, 0.29) is 11.8 Å². The highest BCUT2D eigenvalue weighted by Gasteiger charge is 2.15. The molecular weight excluding hydrogens is 248 g/mol. The minimum Gasteiger partial charge on any atom is -0.412 e. The summed E-state index contributed by atoms with van der Waals surface area (Å²) in [5.41, 5.74) is 0.674. The first-order chi connectivity index (χ1) is 9.31. The van der Waals surface area contributed by atoms with Gasteiger partial charge in [-0.05, 0) is 18.6 Å². The van der Waals surface area contributed by atoms with Crippen LogP contribution >= 0.6 is 0 Å². The first kappa shape index (κ1) is 13.2. The molecule has 0 spiro atoms. The molecule has 0 bridgehead atoms. The molecule has 0 aliphatic rings. The van der Waals surface area contributed by atoms with Crippen LogP contribution in [0.3, 0.4) is 0 Å². The predicted molar refractivity (Wildman–Crippen MR) is 66.4 cm³/mol. The molecule has 2 aromatic rings. The normalized spacial score (nSPS) is 10.4. The number of methoxy groups -OCH3 is 1. The number of ether oxygens (including phenoxy) is 1. The number of carbonyl (C=O) groups is 1. The molecule has 0 aliphatic heterocycles. The summed E-state index contributed by atoms with van der Waals surface area (Å²) in [5, 5.41) is 10.2. The van der Waals surface area contributed by atoms with Crippen molar-refractivity contribution in [1.29, 1.82) is 0 Å². The van der Waals surface area contributed by atoms with Crippen molar-refractivity contribution in [3.8, 4) is 11.5 Å². The Balaban J connectivity index is 1.95. The summed E-state index contributed by atoms with van der Waals surface area (Å²) in [6, 6.07) is 3.53. The molecule has 100 valence electrons. The van der Waals surface area contributed by atoms with E-state index in [9.17, 15) is 4.79 Å². The molecular formula is C12H14N4O3. The van der Waals surface area contributed by atoms with Crippen LogP contribution in [0.4, 0.5) is 0 Å². The van der Waals surface area contributed by atoms with E-state index in [1.165, 1.54) is 0 Å². The molecule has 7 heteroatoms. The number of nitrogens with zero attached hydrogens (tertiary/aromatic N) is 3. The lowest BCUT2D eigenvalue weighted by Crippen LogP contribution is -2.25. The lowest BCUT2D eigenvalue weighted by atomic mass is 10.3. The third-order valence-electron chi connectivity index (χ3n) is 2.34. The topological polar surface area (TPSA) is 90.1 Å². The maximum absolute atomic E-state index is 11.7. The summed E-state index contributed by atoms with van der Waals surface area (Å²) >= 11 is 0. The van der Waals surface area contributed by atoms with Gasteiger partial charge >= 0.3 is 11.8 Å². The molecule has 1 amide bonds. The van der Waals surface area contributed by atoms with Gasteiger partial charge in [-0.1, -0.05) is 0 Å². The standard InChI is InChI=1S/C12H14N4O3/c1-18-7-3-6-14-10(17)12-16-15-11(19-12)9-4-2-5-13-8-9/h2,4-5,8H,3,6-7H2,1H3,(H,14,17). The van der Waals surface area contributed by atoms with Gasteiger partial charge in [0.05, 0.1) is 5.56 Å². The molecule has 2 rings (SSSR count). The fourth-order valence-electron chi connectivity index (χ4n) is 1.41. The molecule has 0 fully saturated rings. The van der Waals surface area contributed by atoms with E-state index in [0.717, 1.165) is 6.42 Å². The van der Waals surface area contributed by atoms with Crippen LogP contribution in [0.5, 0.6) is 0 Å². The fourth-order valence-corrected chi connectivity index (χ4v) is 1.41. The first-order valence-electron chi connectivity index (χ1n) is 5.82. The average molecular weight is 262 g/mol. The maximum Gasteiger partial charge on any atom is 0.308 e. The number of amides is 1. The van der Waals surface area contributed by atoms with Crippen LogP contribution in [0.2, 0.25) is 0 Å². The molecule has 0 atom stereocenters. The van der Waals surface area contributed by atoms with Gasteiger partial charge in [0.1, 0.15) is 0 Å². The van der Waals surface area contributed by atoms with Gasteiger partial charge in [-0.25, -0.2) is 0 Å². The molecule has 2 aromatic heterocycles. The van der Waals surface area contributed by atoms with E-state index in [1.807, 2.05) is 0 Å². The minimum atomic E-state index is -0.390. The number of carbonyl (C=O) groups excluding carboxylic acids is 1. The van der Waals surface area contributed by atoms with Crippen molar-refractivity contribution in [1.82, 2.24) is 20.5 Å². The highest BCUT2D eigenvalue weighted by molar-refractivity contribution is 5.89. The third-order valence-corrected chi connectivity index (χ3v) is 2.34. The summed E-state index contributed by atoms with van der Waals surface area (Å²) in [6.45, 7) is 1.09. The number of hydrogen-bond donors (Lipinski definition) is 1. The monoisotopic (exact) mass is 262 g/mol. The molecule has 0 unspecified atom stereocenters. The molecule has 19 heavy (non-hydrogen) atoms. The van der Waals surface area contributed by atoms with E-state index < -0.39 is 5.91 Å². The number of hydrogen-bond acceptors (Lipinski definition) is 6. The van der Waals surface area contributed by atoms with Crippen molar-refractivity contribution in [2.75, 3.05) is 20.3 Å². The van der Waals surface area contributed by atoms with Crippen molar-refractivity contribution in [2.45, 2.75) is 6.42 Å². The zero-order valence-electron chi connectivity index (χ0n) is 10.5. The van der Waals surface area contributed by atoms with E-state index in [1.54, 1.807) is 31.6 Å². The summed E-state index contributed by atoms with van der Waals surface area (Å²) in [6.07, 6.45) is 3.96. The van der Waals surface area contributed by atoms with E-state index in [4.69, 9.17) is 9.15 Å². The third kappa shape index (κ3) is 3.59. The Hall–Kier alpha value is -2.28. The van der Waals surface area contributed by atoms with Gasteiger partial charge in [-0.2, -0.15) is 0 Å². The molecule has 7 nitrogen and oxygen atoms in total. The molecule has 0 aromatic carbocycles. The Kier molecular flexibility index (Phi) is 4.57. The van der Waals surface area contributed by atoms with E-state index in [0.29, 0.717) is 18.7 Å². The van der Waals surface area contributed by atoms with Crippen LogP contribution in [0.25, 0.3) is 11.5 Å². The zero-order valence-corrected chi connectivity index (χ0v) is 10.5. The Labute approximate surface area is 110 Å². The molecule has 0 saturated carbocycles. The quantitative estimate of drug-likeness (QED) is 0.778. The Bertz CT molecular complexity index is 527. The average Bonchev–Trinajstić information content (AvgIpc) is 2.94. The highest BCUT2D eigenvalue weighted by atomic mass is 16.5. The second kappa shape index (κ2) is 6.60. The largest absolute Gasteiger partial charge is 0.412 e. The van der Waals surface area contributed by atoms with Crippen molar-refractivity contribution >= 4 is 5.91 Å². The zero-order chi connectivity index (χ0) is 13.5. The maximum atomic E-state index is 11.7. The lowest BCUT2D eigenvalue weighted by molar-refractivity contribution is 0.0914. The van der Waals surface area contributed by atoms with Crippen molar-refractivity contribution < 1.29 is 13.9 Å². The fraction of sp³-hybridized carbons (Fsp3) is 0.333. The predicted octanol–water partition coefficient (Wildman–Crippen LogP) is 0.898. The minimum absolute atomic E-state index is 0.0590. The van der Waals surface area contributed by atoms with Crippen LogP contribution in [0.1, 0.15) is 17.1 Å². The Morgan fingerprint density at radius 3 is 3.11 bits per heavy atom. The smallest absolute Gasteiger partial charge is 0.308 e. The lowest BCUT2D eigenvalue weighted by Gasteiger charge is -2.00. The van der Waals surface area contributed by atoms with Crippen LogP contribution in [-0.4, -0.2) is 41.3 Å². The SMILES string of the molecule is COCCCNC(=O)c1nnc(-c2cccnc2)o1. The Morgan fingerprint density at radius 2 is 2.37 bits per heavy atom. The summed E-state index contributed by atoms with van der Waals surface area (Å²) < 4.78 is 10.2. The van der Waals surface area contributed by atoms with E-state index >= 15 is 0 Å². The molecule has 1 N–H and O–H groups in total. The molecule has 0 radical (unpaired) electrons. The van der Waals surface area contributed by atoms with Crippen LogP contribution < -0.4 is 5.32 Å². The van der Waals surface area contributed by atoms with Gasteiger partial charge in [0, 0.05) is 32.7 Å². The molecule has 2 heterocycles. The van der Waals surface area contributed by atoms with Gasteiger partial charge in [0.2, 0.25) is 5.89 Å².